The van der Waals surface area contributed by atoms with Gasteiger partial charge >= 0.3 is 0 Å². The van der Waals surface area contributed by atoms with Gasteiger partial charge in [-0.15, -0.1) is 24.0 Å². The summed E-state index contributed by atoms with van der Waals surface area (Å²) in [7, 11) is 3.74. The maximum absolute atomic E-state index is 12.8. The number of hydrogen-bond acceptors (Lipinski definition) is 3. The molecule has 0 aromatic heterocycles. The van der Waals surface area contributed by atoms with Crippen LogP contribution in [0.2, 0.25) is 0 Å². The molecule has 1 atom stereocenters. The van der Waals surface area contributed by atoms with E-state index in [2.05, 4.69) is 22.5 Å². The first-order valence-electron chi connectivity index (χ1n) is 11.5. The Morgan fingerprint density at radius 1 is 1.14 bits per heavy atom. The lowest BCUT2D eigenvalue weighted by Crippen LogP contribution is -2.46. The molecular formula is C22H42IN5O. The van der Waals surface area contributed by atoms with Gasteiger partial charge in [-0.25, -0.2) is 0 Å². The molecule has 3 fully saturated rings. The van der Waals surface area contributed by atoms with Crippen LogP contribution < -0.4 is 10.6 Å². The van der Waals surface area contributed by atoms with E-state index in [1.165, 1.54) is 45.2 Å². The Hall–Kier alpha value is -0.570. The Balaban J connectivity index is 0.00000300. The van der Waals surface area contributed by atoms with Crippen LogP contribution in [0.25, 0.3) is 0 Å². The fourth-order valence-electron chi connectivity index (χ4n) is 5.38. The van der Waals surface area contributed by atoms with Crippen LogP contribution in [0.3, 0.4) is 0 Å². The summed E-state index contributed by atoms with van der Waals surface area (Å²) in [5.41, 5.74) is -0.296. The minimum absolute atomic E-state index is 0. The van der Waals surface area contributed by atoms with Gasteiger partial charge < -0.3 is 20.4 Å². The topological polar surface area (TPSA) is 60.0 Å². The molecule has 1 heterocycles. The summed E-state index contributed by atoms with van der Waals surface area (Å²) in [6.45, 7) is 7.12. The Labute approximate surface area is 194 Å². The van der Waals surface area contributed by atoms with Gasteiger partial charge in [-0.2, -0.15) is 0 Å². The van der Waals surface area contributed by atoms with Crippen molar-refractivity contribution in [2.45, 2.75) is 70.8 Å². The summed E-state index contributed by atoms with van der Waals surface area (Å²) in [6.07, 6.45) is 11.1. The largest absolute Gasteiger partial charge is 0.357 e. The van der Waals surface area contributed by atoms with Crippen LogP contribution in [0.1, 0.15) is 64.7 Å². The normalized spacial score (nSPS) is 25.1. The highest BCUT2D eigenvalue weighted by Crippen LogP contribution is 2.39. The number of guanidine groups is 1. The molecule has 0 radical (unpaired) electrons. The van der Waals surface area contributed by atoms with E-state index in [4.69, 9.17) is 4.99 Å². The molecule has 0 spiro atoms. The number of aliphatic imine (C=N–C) groups is 1. The lowest BCUT2D eigenvalue weighted by molar-refractivity contribution is -0.138. The smallest absolute Gasteiger partial charge is 0.230 e. The number of halogens is 1. The predicted octanol–water partition coefficient (Wildman–Crippen LogP) is 3.07. The van der Waals surface area contributed by atoms with E-state index < -0.39 is 0 Å². The van der Waals surface area contributed by atoms with E-state index in [-0.39, 0.29) is 35.3 Å². The van der Waals surface area contributed by atoms with Gasteiger partial charge in [0.05, 0.1) is 12.0 Å². The third-order valence-corrected chi connectivity index (χ3v) is 6.91. The Morgan fingerprint density at radius 3 is 2.45 bits per heavy atom. The maximum atomic E-state index is 12.8. The van der Waals surface area contributed by atoms with Crippen molar-refractivity contribution >= 4 is 35.8 Å². The van der Waals surface area contributed by atoms with Gasteiger partial charge in [0, 0.05) is 46.3 Å². The maximum Gasteiger partial charge on any atom is 0.230 e. The van der Waals surface area contributed by atoms with Gasteiger partial charge in [-0.1, -0.05) is 25.7 Å². The van der Waals surface area contributed by atoms with Crippen molar-refractivity contribution in [1.82, 2.24) is 20.4 Å². The van der Waals surface area contributed by atoms with Gasteiger partial charge in [-0.05, 0) is 44.9 Å². The van der Waals surface area contributed by atoms with E-state index in [1.54, 1.807) is 4.90 Å². The summed E-state index contributed by atoms with van der Waals surface area (Å²) in [5, 5.41) is 7.06. The number of nitrogens with one attached hydrogen (secondary N) is 2. The van der Waals surface area contributed by atoms with Crippen molar-refractivity contribution in [3.8, 4) is 0 Å². The van der Waals surface area contributed by atoms with Gasteiger partial charge in [0.2, 0.25) is 5.91 Å². The average molecular weight is 520 g/mol. The molecular weight excluding hydrogens is 477 g/mol. The highest BCUT2D eigenvalue weighted by Gasteiger charge is 2.42. The molecule has 2 saturated carbocycles. The zero-order chi connectivity index (χ0) is 20.0. The Morgan fingerprint density at radius 2 is 1.83 bits per heavy atom. The van der Waals surface area contributed by atoms with Crippen molar-refractivity contribution in [2.75, 3.05) is 46.8 Å². The predicted molar refractivity (Wildman–Crippen MR) is 131 cm³/mol. The lowest BCUT2D eigenvalue weighted by atomic mass is 9.85. The Bertz CT molecular complexity index is 541. The number of nitrogens with zero attached hydrogens (tertiary/aromatic N) is 3. The van der Waals surface area contributed by atoms with Crippen LogP contribution in [0.4, 0.5) is 0 Å². The van der Waals surface area contributed by atoms with Crippen LogP contribution >= 0.6 is 24.0 Å². The molecule has 0 aromatic carbocycles. The minimum Gasteiger partial charge on any atom is -0.357 e. The second-order valence-corrected chi connectivity index (χ2v) is 9.42. The third-order valence-electron chi connectivity index (χ3n) is 6.91. The molecule has 2 aliphatic carbocycles. The standard InChI is InChI=1S/C22H41N5O.HI/c1-4-23-21(24-17-22(12-7-8-13-22)20(28)26(2)3)25-19-11-14-27(16-19)15-18-9-5-6-10-18;/h18-19H,4-17H2,1-3H3,(H2,23,24,25);1H. The van der Waals surface area contributed by atoms with Crippen LogP contribution in [-0.4, -0.2) is 74.5 Å². The summed E-state index contributed by atoms with van der Waals surface area (Å²) < 4.78 is 0. The zero-order valence-corrected chi connectivity index (χ0v) is 21.0. The van der Waals surface area contributed by atoms with Crippen LogP contribution in [0.15, 0.2) is 4.99 Å². The molecule has 2 N–H and O–H groups in total. The number of carbonyl (C=O) groups excluding carboxylic acids is 1. The first-order valence-corrected chi connectivity index (χ1v) is 11.5. The fourth-order valence-corrected chi connectivity index (χ4v) is 5.38. The number of carbonyl (C=O) groups is 1. The average Bonchev–Trinajstić information content (AvgIpc) is 3.42. The molecule has 0 bridgehead atoms. The Kier molecular flexibility index (Phi) is 9.98. The van der Waals surface area contributed by atoms with E-state index >= 15 is 0 Å². The number of likely N-dealkylation sites (tertiary alicyclic amines) is 1. The highest BCUT2D eigenvalue weighted by atomic mass is 127. The molecule has 1 amide bonds. The SMILES string of the molecule is CCNC(=NCC1(C(=O)N(C)C)CCCC1)NC1CCN(CC2CCCC2)C1.I. The molecule has 7 heteroatoms. The highest BCUT2D eigenvalue weighted by molar-refractivity contribution is 14.0. The molecule has 1 unspecified atom stereocenters. The van der Waals surface area contributed by atoms with Gasteiger partial charge in [-0.3, -0.25) is 9.79 Å². The van der Waals surface area contributed by atoms with Crippen molar-refractivity contribution in [3.05, 3.63) is 0 Å². The van der Waals surface area contributed by atoms with Crippen molar-refractivity contribution in [3.63, 3.8) is 0 Å². The second-order valence-electron chi connectivity index (χ2n) is 9.42. The first-order chi connectivity index (χ1) is 13.5. The van der Waals surface area contributed by atoms with Crippen LogP contribution in [0.5, 0.6) is 0 Å². The first kappa shape index (κ1) is 24.7. The number of rotatable bonds is 7. The quantitative estimate of drug-likeness (QED) is 0.309. The molecule has 0 aromatic rings. The molecule has 6 nitrogen and oxygen atoms in total. The van der Waals surface area contributed by atoms with E-state index in [9.17, 15) is 4.79 Å². The summed E-state index contributed by atoms with van der Waals surface area (Å²) in [6, 6.07) is 0.461. The molecule has 1 aliphatic heterocycles. The van der Waals surface area contributed by atoms with E-state index in [0.29, 0.717) is 12.6 Å². The fraction of sp³-hybridized carbons (Fsp3) is 0.909. The van der Waals surface area contributed by atoms with E-state index in [0.717, 1.165) is 50.7 Å². The number of hydrogen-bond donors (Lipinski definition) is 2. The molecule has 1 saturated heterocycles. The summed E-state index contributed by atoms with van der Waals surface area (Å²) in [5.74, 6) is 2.04. The summed E-state index contributed by atoms with van der Waals surface area (Å²) >= 11 is 0. The molecule has 29 heavy (non-hydrogen) atoms. The van der Waals surface area contributed by atoms with Gasteiger partial charge in [0.15, 0.2) is 5.96 Å². The van der Waals surface area contributed by atoms with Crippen molar-refractivity contribution in [2.24, 2.45) is 16.3 Å². The van der Waals surface area contributed by atoms with Gasteiger partial charge in [0.1, 0.15) is 0 Å². The zero-order valence-electron chi connectivity index (χ0n) is 18.7. The molecule has 3 aliphatic rings. The van der Waals surface area contributed by atoms with E-state index in [1.807, 2.05) is 14.1 Å². The number of amides is 1. The van der Waals surface area contributed by atoms with Crippen LogP contribution in [0, 0.1) is 11.3 Å². The monoisotopic (exact) mass is 519 g/mol. The summed E-state index contributed by atoms with van der Waals surface area (Å²) in [4.78, 5) is 22.1. The van der Waals surface area contributed by atoms with Crippen LogP contribution in [-0.2, 0) is 4.79 Å². The second kappa shape index (κ2) is 11.7. The molecule has 3 rings (SSSR count). The van der Waals surface area contributed by atoms with Crippen molar-refractivity contribution < 1.29 is 4.79 Å². The lowest BCUT2D eigenvalue weighted by Gasteiger charge is -2.29. The molecule has 168 valence electrons. The van der Waals surface area contributed by atoms with Gasteiger partial charge in [0.25, 0.3) is 0 Å². The third kappa shape index (κ3) is 6.71. The van der Waals surface area contributed by atoms with Crippen molar-refractivity contribution in [1.29, 1.82) is 0 Å². The minimum atomic E-state index is -0.296.